The fourth-order valence-corrected chi connectivity index (χ4v) is 3.22. The molecule has 0 atom stereocenters. The molecule has 0 aliphatic heterocycles. The lowest BCUT2D eigenvalue weighted by atomic mass is 10.2. The van der Waals surface area contributed by atoms with Gasteiger partial charge in [-0.25, -0.2) is 15.4 Å². The first-order valence-corrected chi connectivity index (χ1v) is 10.1. The molecule has 0 spiro atoms. The van der Waals surface area contributed by atoms with Crippen molar-refractivity contribution >= 4 is 34.0 Å². The Labute approximate surface area is 186 Å². The van der Waals surface area contributed by atoms with Crippen LogP contribution in [0.1, 0.15) is 5.56 Å². The van der Waals surface area contributed by atoms with Crippen molar-refractivity contribution in [3.63, 3.8) is 0 Å². The second-order valence-electron chi connectivity index (χ2n) is 7.07. The molecule has 0 bridgehead atoms. The van der Waals surface area contributed by atoms with Crippen LogP contribution in [0.25, 0.3) is 11.0 Å². The van der Waals surface area contributed by atoms with E-state index in [4.69, 9.17) is 24.3 Å². The molecule has 0 unspecified atom stereocenters. The zero-order chi connectivity index (χ0) is 22.5. The van der Waals surface area contributed by atoms with Crippen LogP contribution < -0.4 is 30.4 Å². The van der Waals surface area contributed by atoms with Crippen LogP contribution in [0.4, 0.5) is 23.0 Å². The first-order valence-electron chi connectivity index (χ1n) is 10.1. The zero-order valence-electron chi connectivity index (χ0n) is 18.4. The molecule has 0 aliphatic rings. The van der Waals surface area contributed by atoms with Gasteiger partial charge in [-0.05, 0) is 30.7 Å². The number of aryl methyl sites for hydroxylation is 1. The smallest absolute Gasteiger partial charge is 0.204 e. The molecular formula is C24H25N5O3. The van der Waals surface area contributed by atoms with Gasteiger partial charge in [-0.3, -0.25) is 0 Å². The first-order chi connectivity index (χ1) is 15.6. The highest BCUT2D eigenvalue weighted by Gasteiger charge is 2.12. The summed E-state index contributed by atoms with van der Waals surface area (Å²) >= 11 is 0. The Kier molecular flexibility index (Phi) is 6.12. The summed E-state index contributed by atoms with van der Waals surface area (Å²) in [6, 6.07) is 18.9. The largest absolute Gasteiger partial charge is 0.497 e. The second-order valence-corrected chi connectivity index (χ2v) is 7.07. The molecule has 0 fully saturated rings. The van der Waals surface area contributed by atoms with Crippen molar-refractivity contribution in [1.29, 1.82) is 0 Å². The van der Waals surface area contributed by atoms with Crippen molar-refractivity contribution in [3.8, 4) is 17.2 Å². The van der Waals surface area contributed by atoms with Crippen molar-refractivity contribution in [2.45, 2.75) is 6.92 Å². The van der Waals surface area contributed by atoms with Gasteiger partial charge in [0, 0.05) is 42.7 Å². The summed E-state index contributed by atoms with van der Waals surface area (Å²) in [4.78, 5) is 15.2. The molecule has 4 aromatic rings. The number of benzene rings is 3. The standard InChI is InChI=1S/C24H25N5O3/c1-15-9-10-17(14-22(15)25-2)32-29-24-23(27-20-7-5-6-8-21(20)28-24)26-16-11-18(30-3)13-19(12-16)31-4/h5-14,25H,1-4H3,(H,26,27)(H,28,29). The Balaban J connectivity index is 1.68. The van der Waals surface area contributed by atoms with Crippen molar-refractivity contribution in [1.82, 2.24) is 9.97 Å². The van der Waals surface area contributed by atoms with Crippen LogP contribution in [0, 0.1) is 6.92 Å². The van der Waals surface area contributed by atoms with E-state index in [2.05, 4.69) is 16.1 Å². The summed E-state index contributed by atoms with van der Waals surface area (Å²) in [5.41, 5.74) is 7.28. The van der Waals surface area contributed by atoms with E-state index in [1.54, 1.807) is 20.3 Å². The van der Waals surface area contributed by atoms with Crippen molar-refractivity contribution < 1.29 is 14.3 Å². The highest BCUT2D eigenvalue weighted by atomic mass is 16.6. The highest BCUT2D eigenvalue weighted by molar-refractivity contribution is 5.81. The minimum absolute atomic E-state index is 0.442. The van der Waals surface area contributed by atoms with Crippen LogP contribution in [-0.2, 0) is 0 Å². The minimum atomic E-state index is 0.442. The Hall–Kier alpha value is -4.20. The molecule has 164 valence electrons. The average molecular weight is 431 g/mol. The molecular weight excluding hydrogens is 406 g/mol. The van der Waals surface area contributed by atoms with Gasteiger partial charge in [0.25, 0.3) is 0 Å². The average Bonchev–Trinajstić information content (AvgIpc) is 2.83. The number of fused-ring (bicyclic) bond motifs is 1. The van der Waals surface area contributed by atoms with Crippen LogP contribution in [0.15, 0.2) is 60.7 Å². The maximum Gasteiger partial charge on any atom is 0.204 e. The third kappa shape index (κ3) is 4.59. The molecule has 0 amide bonds. The Morgan fingerprint density at radius 3 is 2.03 bits per heavy atom. The van der Waals surface area contributed by atoms with E-state index in [-0.39, 0.29) is 0 Å². The normalized spacial score (nSPS) is 10.5. The van der Waals surface area contributed by atoms with Crippen molar-refractivity contribution in [2.24, 2.45) is 0 Å². The van der Waals surface area contributed by atoms with E-state index in [9.17, 15) is 0 Å². The van der Waals surface area contributed by atoms with Gasteiger partial charge in [-0.2, -0.15) is 0 Å². The third-order valence-corrected chi connectivity index (χ3v) is 4.93. The lowest BCUT2D eigenvalue weighted by Gasteiger charge is -2.15. The molecule has 0 aliphatic carbocycles. The number of nitrogens with one attached hydrogen (secondary N) is 3. The summed E-state index contributed by atoms with van der Waals surface area (Å²) in [5, 5.41) is 6.45. The number of rotatable bonds is 8. The van der Waals surface area contributed by atoms with E-state index >= 15 is 0 Å². The maximum atomic E-state index is 5.82. The predicted octanol–water partition coefficient (Wildman–Crippen LogP) is 5.15. The van der Waals surface area contributed by atoms with Crippen molar-refractivity contribution in [3.05, 3.63) is 66.2 Å². The molecule has 32 heavy (non-hydrogen) atoms. The molecule has 0 saturated heterocycles. The number of para-hydroxylation sites is 2. The summed E-state index contributed by atoms with van der Waals surface area (Å²) in [6.45, 7) is 2.03. The second kappa shape index (κ2) is 9.30. The van der Waals surface area contributed by atoms with Crippen molar-refractivity contribution in [2.75, 3.05) is 37.4 Å². The summed E-state index contributed by atoms with van der Waals surface area (Å²) in [5.74, 6) is 2.90. The molecule has 3 N–H and O–H groups in total. The molecule has 3 aromatic carbocycles. The van der Waals surface area contributed by atoms with E-state index in [1.807, 2.05) is 68.6 Å². The van der Waals surface area contributed by atoms with E-state index in [0.29, 0.717) is 28.9 Å². The number of ether oxygens (including phenoxy) is 2. The maximum absolute atomic E-state index is 5.82. The molecule has 0 radical (unpaired) electrons. The van der Waals surface area contributed by atoms with Gasteiger partial charge in [0.2, 0.25) is 5.82 Å². The van der Waals surface area contributed by atoms with Crippen LogP contribution in [0.3, 0.4) is 0 Å². The van der Waals surface area contributed by atoms with Crippen LogP contribution in [0.5, 0.6) is 17.2 Å². The Morgan fingerprint density at radius 1 is 0.750 bits per heavy atom. The summed E-state index contributed by atoms with van der Waals surface area (Å²) in [7, 11) is 5.09. The summed E-state index contributed by atoms with van der Waals surface area (Å²) < 4.78 is 10.7. The van der Waals surface area contributed by atoms with E-state index in [1.165, 1.54) is 0 Å². The van der Waals surface area contributed by atoms with Gasteiger partial charge >= 0.3 is 0 Å². The number of hydrogen-bond donors (Lipinski definition) is 3. The van der Waals surface area contributed by atoms with Gasteiger partial charge in [-0.1, -0.05) is 18.2 Å². The molecule has 1 heterocycles. The predicted molar refractivity (Wildman–Crippen MR) is 127 cm³/mol. The molecule has 0 saturated carbocycles. The quantitative estimate of drug-likeness (QED) is 0.330. The third-order valence-electron chi connectivity index (χ3n) is 4.93. The number of aromatic nitrogens is 2. The molecule has 4 rings (SSSR count). The zero-order valence-corrected chi connectivity index (χ0v) is 18.4. The highest BCUT2D eigenvalue weighted by Crippen LogP contribution is 2.31. The lowest BCUT2D eigenvalue weighted by molar-refractivity contribution is 0.395. The SMILES string of the molecule is CNc1cc(ONc2nc3ccccc3nc2Nc2cc(OC)cc(OC)c2)ccc1C. The molecule has 1 aromatic heterocycles. The van der Waals surface area contributed by atoms with Crippen LogP contribution in [0.2, 0.25) is 0 Å². The van der Waals surface area contributed by atoms with Gasteiger partial charge in [0.1, 0.15) is 11.5 Å². The van der Waals surface area contributed by atoms with Gasteiger partial charge < -0.3 is 24.9 Å². The number of methoxy groups -OCH3 is 2. The molecule has 8 heteroatoms. The fraction of sp³-hybridized carbons (Fsp3) is 0.167. The van der Waals surface area contributed by atoms with Crippen LogP contribution in [-0.4, -0.2) is 31.2 Å². The monoisotopic (exact) mass is 431 g/mol. The number of hydrogen-bond acceptors (Lipinski definition) is 8. The fourth-order valence-electron chi connectivity index (χ4n) is 3.22. The van der Waals surface area contributed by atoms with Crippen LogP contribution >= 0.6 is 0 Å². The summed E-state index contributed by atoms with van der Waals surface area (Å²) in [6.07, 6.45) is 0. The first kappa shape index (κ1) is 21.0. The van der Waals surface area contributed by atoms with Gasteiger partial charge in [0.15, 0.2) is 11.6 Å². The number of anilines is 4. The van der Waals surface area contributed by atoms with E-state index in [0.717, 1.165) is 28.0 Å². The van der Waals surface area contributed by atoms with Gasteiger partial charge in [-0.15, -0.1) is 0 Å². The number of nitrogens with zero attached hydrogens (tertiary/aromatic N) is 2. The van der Waals surface area contributed by atoms with E-state index < -0.39 is 0 Å². The van der Waals surface area contributed by atoms with Gasteiger partial charge in [0.05, 0.1) is 25.3 Å². The minimum Gasteiger partial charge on any atom is -0.497 e. The Bertz CT molecular complexity index is 1220. The lowest BCUT2D eigenvalue weighted by Crippen LogP contribution is -2.10. The Morgan fingerprint density at radius 2 is 1.41 bits per heavy atom. The molecule has 8 nitrogen and oxygen atoms in total. The topological polar surface area (TPSA) is 89.6 Å².